The molecule has 0 bridgehead atoms. The van der Waals surface area contributed by atoms with Gasteiger partial charge in [-0.25, -0.2) is 4.98 Å². The SMILES string of the molecule is COc1cc2c(cc1C(C)(C)O)nc(Nc1ccc(OC(F)(F)F)cc1)n2C1C[C@H](C)CC(C)(C)C1. The summed E-state index contributed by atoms with van der Waals surface area (Å²) in [6, 6.07) is 9.50. The summed E-state index contributed by atoms with van der Waals surface area (Å²) in [5, 5.41) is 14.0. The lowest BCUT2D eigenvalue weighted by Crippen LogP contribution is -2.29. The average molecular weight is 506 g/mol. The van der Waals surface area contributed by atoms with E-state index < -0.39 is 12.0 Å². The van der Waals surface area contributed by atoms with E-state index in [1.807, 2.05) is 12.1 Å². The van der Waals surface area contributed by atoms with Gasteiger partial charge in [-0.15, -0.1) is 13.2 Å². The fourth-order valence-electron chi connectivity index (χ4n) is 5.59. The number of alkyl halides is 3. The van der Waals surface area contributed by atoms with Crippen molar-refractivity contribution in [3.8, 4) is 11.5 Å². The first-order chi connectivity index (χ1) is 16.6. The van der Waals surface area contributed by atoms with Crippen molar-refractivity contribution in [2.45, 2.75) is 71.9 Å². The molecule has 6 nitrogen and oxygen atoms in total. The molecule has 0 radical (unpaired) electrons. The smallest absolute Gasteiger partial charge is 0.496 e. The fourth-order valence-corrected chi connectivity index (χ4v) is 5.59. The van der Waals surface area contributed by atoms with E-state index in [0.29, 0.717) is 34.4 Å². The highest BCUT2D eigenvalue weighted by Crippen LogP contribution is 2.47. The van der Waals surface area contributed by atoms with Crippen molar-refractivity contribution in [1.82, 2.24) is 9.55 Å². The molecule has 0 spiro atoms. The molecule has 36 heavy (non-hydrogen) atoms. The van der Waals surface area contributed by atoms with Gasteiger partial charge in [-0.2, -0.15) is 0 Å². The lowest BCUT2D eigenvalue weighted by atomic mass is 9.70. The Morgan fingerprint density at radius 2 is 1.78 bits per heavy atom. The van der Waals surface area contributed by atoms with Gasteiger partial charge < -0.3 is 24.5 Å². The van der Waals surface area contributed by atoms with Crippen molar-refractivity contribution in [1.29, 1.82) is 0 Å². The van der Waals surface area contributed by atoms with Gasteiger partial charge in [-0.1, -0.05) is 20.8 Å². The number of ether oxygens (including phenoxy) is 2. The standard InChI is InChI=1S/C27H34F3N3O3/c1-16-11-18(15-25(2,3)14-16)33-22-13-23(35-6)20(26(4,5)34)12-21(22)32-24(33)31-17-7-9-19(10-8-17)36-27(28,29)30/h7-10,12-13,16,18,34H,11,14-15H2,1-6H3,(H,31,32)/t16-,18?/m0/s1. The number of fused-ring (bicyclic) bond motifs is 1. The normalized spacial score (nSPS) is 20.4. The topological polar surface area (TPSA) is 68.5 Å². The molecule has 0 aliphatic heterocycles. The van der Waals surface area contributed by atoms with Gasteiger partial charge in [-0.3, -0.25) is 0 Å². The number of halogens is 3. The number of anilines is 2. The van der Waals surface area contributed by atoms with E-state index >= 15 is 0 Å². The van der Waals surface area contributed by atoms with E-state index in [-0.39, 0.29) is 17.2 Å². The van der Waals surface area contributed by atoms with Crippen LogP contribution in [0.2, 0.25) is 0 Å². The molecule has 0 amide bonds. The molecule has 1 heterocycles. The van der Waals surface area contributed by atoms with Gasteiger partial charge in [0.1, 0.15) is 11.5 Å². The zero-order chi connectivity index (χ0) is 26.5. The Bertz CT molecular complexity index is 1230. The Labute approximate surface area is 209 Å². The van der Waals surface area contributed by atoms with Crippen molar-refractivity contribution in [3.05, 3.63) is 42.0 Å². The number of benzene rings is 2. The average Bonchev–Trinajstić information content (AvgIpc) is 3.08. The van der Waals surface area contributed by atoms with Gasteiger partial charge >= 0.3 is 6.36 Å². The minimum Gasteiger partial charge on any atom is -0.496 e. The number of aliphatic hydroxyl groups is 1. The highest BCUT2D eigenvalue weighted by atomic mass is 19.4. The predicted molar refractivity (Wildman–Crippen MR) is 134 cm³/mol. The molecule has 1 aromatic heterocycles. The summed E-state index contributed by atoms with van der Waals surface area (Å²) < 4.78 is 49.5. The Balaban J connectivity index is 1.81. The van der Waals surface area contributed by atoms with Crippen molar-refractivity contribution in [2.75, 3.05) is 12.4 Å². The summed E-state index contributed by atoms with van der Waals surface area (Å²) in [6.07, 6.45) is -1.70. The third-order valence-electron chi connectivity index (χ3n) is 6.74. The number of aromatic nitrogens is 2. The largest absolute Gasteiger partial charge is 0.573 e. The monoisotopic (exact) mass is 505 g/mol. The van der Waals surface area contributed by atoms with Gasteiger partial charge in [0.25, 0.3) is 0 Å². The molecule has 2 atom stereocenters. The van der Waals surface area contributed by atoms with Crippen LogP contribution in [0.5, 0.6) is 11.5 Å². The van der Waals surface area contributed by atoms with Crippen LogP contribution in [0.25, 0.3) is 11.0 Å². The highest BCUT2D eigenvalue weighted by Gasteiger charge is 2.35. The molecule has 1 saturated carbocycles. The second-order valence-electron chi connectivity index (χ2n) is 11.2. The number of methoxy groups -OCH3 is 1. The number of rotatable bonds is 6. The van der Waals surface area contributed by atoms with Crippen LogP contribution < -0.4 is 14.8 Å². The molecule has 1 unspecified atom stereocenters. The van der Waals surface area contributed by atoms with Crippen molar-refractivity contribution >= 4 is 22.7 Å². The zero-order valence-electron chi connectivity index (χ0n) is 21.5. The summed E-state index contributed by atoms with van der Waals surface area (Å²) in [7, 11) is 1.58. The molecule has 4 rings (SSSR count). The summed E-state index contributed by atoms with van der Waals surface area (Å²) >= 11 is 0. The molecule has 2 aromatic carbocycles. The van der Waals surface area contributed by atoms with Crippen LogP contribution in [-0.2, 0) is 5.60 Å². The van der Waals surface area contributed by atoms with E-state index in [1.54, 1.807) is 21.0 Å². The van der Waals surface area contributed by atoms with Crippen molar-refractivity contribution in [3.63, 3.8) is 0 Å². The molecule has 2 N–H and O–H groups in total. The van der Waals surface area contributed by atoms with E-state index in [0.717, 1.165) is 24.8 Å². The van der Waals surface area contributed by atoms with E-state index in [1.165, 1.54) is 24.3 Å². The third kappa shape index (κ3) is 5.72. The summed E-state index contributed by atoms with van der Waals surface area (Å²) in [4.78, 5) is 4.86. The molecular formula is C27H34F3N3O3. The van der Waals surface area contributed by atoms with E-state index in [2.05, 4.69) is 35.4 Å². The maximum absolute atomic E-state index is 12.6. The lowest BCUT2D eigenvalue weighted by molar-refractivity contribution is -0.274. The van der Waals surface area contributed by atoms with Crippen LogP contribution in [0.15, 0.2) is 36.4 Å². The summed E-state index contributed by atoms with van der Waals surface area (Å²) in [5.74, 6) is 1.38. The van der Waals surface area contributed by atoms with Crippen LogP contribution in [0.4, 0.5) is 24.8 Å². The number of hydrogen-bond donors (Lipinski definition) is 2. The lowest BCUT2D eigenvalue weighted by Gasteiger charge is -2.40. The zero-order valence-corrected chi connectivity index (χ0v) is 21.5. The molecule has 1 fully saturated rings. The second kappa shape index (κ2) is 9.18. The van der Waals surface area contributed by atoms with Gasteiger partial charge in [0.2, 0.25) is 5.95 Å². The predicted octanol–water partition coefficient (Wildman–Crippen LogP) is 7.30. The number of nitrogens with zero attached hydrogens (tertiary/aromatic N) is 2. The van der Waals surface area contributed by atoms with Gasteiger partial charge in [-0.05, 0) is 74.8 Å². The van der Waals surface area contributed by atoms with Crippen LogP contribution >= 0.6 is 0 Å². The first-order valence-electron chi connectivity index (χ1n) is 12.1. The van der Waals surface area contributed by atoms with Gasteiger partial charge in [0, 0.05) is 23.4 Å². The van der Waals surface area contributed by atoms with E-state index in [9.17, 15) is 18.3 Å². The van der Waals surface area contributed by atoms with Crippen molar-refractivity contribution in [2.24, 2.45) is 11.3 Å². The van der Waals surface area contributed by atoms with Crippen LogP contribution in [0.3, 0.4) is 0 Å². The quantitative estimate of drug-likeness (QED) is 0.368. The maximum atomic E-state index is 12.6. The first kappa shape index (κ1) is 26.1. The summed E-state index contributed by atoms with van der Waals surface area (Å²) in [6.45, 7) is 10.2. The van der Waals surface area contributed by atoms with E-state index in [4.69, 9.17) is 9.72 Å². The molecule has 9 heteroatoms. The molecule has 0 saturated heterocycles. The van der Waals surface area contributed by atoms with Gasteiger partial charge in [0.05, 0.1) is 23.7 Å². The second-order valence-corrected chi connectivity index (χ2v) is 11.2. The number of nitrogens with one attached hydrogen (secondary N) is 1. The Kier molecular flexibility index (Phi) is 6.66. The number of hydrogen-bond acceptors (Lipinski definition) is 5. The Morgan fingerprint density at radius 3 is 2.33 bits per heavy atom. The Morgan fingerprint density at radius 1 is 1.11 bits per heavy atom. The maximum Gasteiger partial charge on any atom is 0.573 e. The van der Waals surface area contributed by atoms with Crippen molar-refractivity contribution < 1.29 is 27.8 Å². The first-order valence-corrected chi connectivity index (χ1v) is 12.1. The van der Waals surface area contributed by atoms with Gasteiger partial charge in [0.15, 0.2) is 0 Å². The Hall–Kier alpha value is -2.94. The molecule has 196 valence electrons. The highest BCUT2D eigenvalue weighted by molar-refractivity contribution is 5.83. The fraction of sp³-hybridized carbons (Fsp3) is 0.519. The minimum absolute atomic E-state index is 0.143. The summed E-state index contributed by atoms with van der Waals surface area (Å²) in [5.41, 5.74) is 1.78. The molecular weight excluding hydrogens is 471 g/mol. The third-order valence-corrected chi connectivity index (χ3v) is 6.74. The molecule has 1 aliphatic carbocycles. The van der Waals surface area contributed by atoms with Crippen LogP contribution in [-0.4, -0.2) is 28.1 Å². The minimum atomic E-state index is -4.75. The van der Waals surface area contributed by atoms with Crippen LogP contribution in [0, 0.1) is 11.3 Å². The molecule has 3 aromatic rings. The van der Waals surface area contributed by atoms with Crippen LogP contribution in [0.1, 0.15) is 65.5 Å². The molecule has 1 aliphatic rings. The number of imidazole rings is 1.